The van der Waals surface area contributed by atoms with Crippen molar-refractivity contribution in [2.75, 3.05) is 7.05 Å². The Kier molecular flexibility index (Phi) is 8.51. The third kappa shape index (κ3) is 6.11. The molecule has 0 saturated heterocycles. The van der Waals surface area contributed by atoms with Gasteiger partial charge in [-0.1, -0.05) is 63.2 Å². The van der Waals surface area contributed by atoms with Gasteiger partial charge in [0.15, 0.2) is 5.76 Å². The molecule has 3 aromatic rings. The minimum absolute atomic E-state index is 0.0370. The maximum atomic E-state index is 12.7. The van der Waals surface area contributed by atoms with Crippen LogP contribution in [0.1, 0.15) is 73.1 Å². The van der Waals surface area contributed by atoms with Crippen LogP contribution in [0, 0.1) is 13.8 Å². The molecule has 1 aromatic heterocycles. The molecule has 2 aromatic carbocycles. The number of aryl methyl sites for hydroxylation is 2. The molecule has 0 radical (unpaired) electrons. The van der Waals surface area contributed by atoms with Crippen molar-refractivity contribution >= 4 is 23.5 Å². The fourth-order valence-electron chi connectivity index (χ4n) is 3.96. The first kappa shape index (κ1) is 26.9. The summed E-state index contributed by atoms with van der Waals surface area (Å²) in [6.07, 6.45) is 0.941. The van der Waals surface area contributed by atoms with E-state index in [2.05, 4.69) is 50.0 Å². The van der Waals surface area contributed by atoms with E-state index in [1.54, 1.807) is 44.5 Å². The summed E-state index contributed by atoms with van der Waals surface area (Å²) in [4.78, 5) is 17.0. The molecule has 0 saturated carbocycles. The van der Waals surface area contributed by atoms with Crippen LogP contribution < -0.4 is 0 Å². The van der Waals surface area contributed by atoms with Crippen LogP contribution in [0.2, 0.25) is 0 Å². The Balaban J connectivity index is 2.12. The summed E-state index contributed by atoms with van der Waals surface area (Å²) >= 11 is 0. The van der Waals surface area contributed by atoms with E-state index in [9.17, 15) is 4.79 Å². The Morgan fingerprint density at radius 1 is 1.03 bits per heavy atom. The molecule has 0 amide bonds. The Hall–Kier alpha value is -3.67. The molecule has 0 aliphatic carbocycles. The van der Waals surface area contributed by atoms with Gasteiger partial charge in [-0.3, -0.25) is 9.67 Å². The van der Waals surface area contributed by atoms with Gasteiger partial charge in [0, 0.05) is 37.9 Å². The van der Waals surface area contributed by atoms with Crippen molar-refractivity contribution in [2.45, 2.75) is 66.7 Å². The van der Waals surface area contributed by atoms with Crippen molar-refractivity contribution in [1.82, 2.24) is 9.78 Å². The predicted octanol–water partition coefficient (Wildman–Crippen LogP) is 6.61. The second kappa shape index (κ2) is 11.4. The average molecular weight is 488 g/mol. The third-order valence-corrected chi connectivity index (χ3v) is 6.07. The molecular formula is C30H37N3O3. The topological polar surface area (TPSA) is 65.7 Å². The Morgan fingerprint density at radius 3 is 2.22 bits per heavy atom. The molecule has 0 bridgehead atoms. The Labute approximate surface area is 214 Å². The zero-order chi connectivity index (χ0) is 26.5. The number of esters is 1. The van der Waals surface area contributed by atoms with E-state index in [1.165, 1.54) is 5.56 Å². The smallest absolute Gasteiger partial charge is 0.341 e. The summed E-state index contributed by atoms with van der Waals surface area (Å²) < 4.78 is 14.0. The largest absolute Gasteiger partial charge is 0.452 e. The number of carbonyl (C=O) groups is 1. The van der Waals surface area contributed by atoms with Gasteiger partial charge in [-0.25, -0.2) is 4.79 Å². The molecule has 0 aliphatic heterocycles. The summed E-state index contributed by atoms with van der Waals surface area (Å²) in [5, 5.41) is 4.70. The minimum atomic E-state index is -0.846. The van der Waals surface area contributed by atoms with Gasteiger partial charge in [0.2, 0.25) is 6.29 Å². The normalized spacial score (nSPS) is 13.4. The van der Waals surface area contributed by atoms with E-state index in [0.717, 1.165) is 28.1 Å². The van der Waals surface area contributed by atoms with E-state index in [0.29, 0.717) is 17.9 Å². The van der Waals surface area contributed by atoms with Crippen LogP contribution >= 0.6 is 0 Å². The van der Waals surface area contributed by atoms with Crippen LogP contribution in [0.15, 0.2) is 59.6 Å². The maximum Gasteiger partial charge on any atom is 0.341 e. The molecule has 0 fully saturated rings. The molecule has 0 N–H and O–H groups in total. The molecule has 0 aliphatic rings. The van der Waals surface area contributed by atoms with Crippen LogP contribution in [-0.2, 0) is 21.4 Å². The van der Waals surface area contributed by atoms with Gasteiger partial charge in [-0.05, 0) is 49.4 Å². The monoisotopic (exact) mass is 487 g/mol. The Bertz CT molecular complexity index is 1250. The average Bonchev–Trinajstić information content (AvgIpc) is 3.14. The second-order valence-electron chi connectivity index (χ2n) is 9.79. The van der Waals surface area contributed by atoms with E-state index >= 15 is 0 Å². The third-order valence-electron chi connectivity index (χ3n) is 6.07. The van der Waals surface area contributed by atoms with Crippen LogP contribution in [-0.4, -0.2) is 35.3 Å². The molecule has 6 heteroatoms. The lowest BCUT2D eigenvalue weighted by Gasteiger charge is -2.22. The van der Waals surface area contributed by atoms with Gasteiger partial charge in [0.1, 0.15) is 5.69 Å². The highest BCUT2D eigenvalue weighted by Gasteiger charge is 2.24. The number of aromatic nitrogens is 2. The summed E-state index contributed by atoms with van der Waals surface area (Å²) in [5.41, 5.74) is 6.24. The van der Waals surface area contributed by atoms with Crippen molar-refractivity contribution in [3.63, 3.8) is 0 Å². The SMILES string of the molecule is CCn1nc(C)c(C)c1/C(OC(C)OC(=O)c1ccccc1)=C(\C=N\C)c1ccc(C(C)(C)C)cc1. The molecule has 1 atom stereocenters. The van der Waals surface area contributed by atoms with Crippen LogP contribution in [0.4, 0.5) is 0 Å². The van der Waals surface area contributed by atoms with Crippen molar-refractivity contribution in [2.24, 2.45) is 4.99 Å². The van der Waals surface area contributed by atoms with Gasteiger partial charge in [-0.15, -0.1) is 0 Å². The van der Waals surface area contributed by atoms with E-state index in [-0.39, 0.29) is 5.41 Å². The number of hydrogen-bond donors (Lipinski definition) is 0. The van der Waals surface area contributed by atoms with Crippen LogP contribution in [0.3, 0.4) is 0 Å². The number of allylic oxidation sites excluding steroid dienone is 1. The number of hydrogen-bond acceptors (Lipinski definition) is 5. The van der Waals surface area contributed by atoms with Crippen molar-refractivity contribution in [3.8, 4) is 0 Å². The first-order chi connectivity index (χ1) is 17.1. The molecule has 6 nitrogen and oxygen atoms in total. The van der Waals surface area contributed by atoms with E-state index in [4.69, 9.17) is 14.6 Å². The van der Waals surface area contributed by atoms with Crippen LogP contribution in [0.25, 0.3) is 11.3 Å². The van der Waals surface area contributed by atoms with E-state index in [1.807, 2.05) is 31.5 Å². The fraction of sp³-hybridized carbons (Fsp3) is 0.367. The standard InChI is InChI=1S/C30H37N3O3/c1-9-33-27(20(2)21(3)32-33)28(35-22(4)36-29(34)24-13-11-10-12-14-24)26(19-31-8)23-15-17-25(18-16-23)30(5,6)7/h10-19,22H,9H2,1-8H3/b28-26-,31-19+. The first-order valence-corrected chi connectivity index (χ1v) is 12.3. The molecule has 3 rings (SSSR count). The highest BCUT2D eigenvalue weighted by atomic mass is 16.7. The summed E-state index contributed by atoms with van der Waals surface area (Å²) in [6.45, 7) is 15.0. The van der Waals surface area contributed by atoms with Crippen LogP contribution in [0.5, 0.6) is 0 Å². The maximum absolute atomic E-state index is 12.7. The minimum Gasteiger partial charge on any atom is -0.452 e. The lowest BCUT2D eigenvalue weighted by Crippen LogP contribution is -2.20. The molecule has 0 spiro atoms. The first-order valence-electron chi connectivity index (χ1n) is 12.3. The number of carbonyl (C=O) groups excluding carboxylic acids is 1. The van der Waals surface area contributed by atoms with Crippen molar-refractivity contribution in [1.29, 1.82) is 0 Å². The number of nitrogens with zero attached hydrogens (tertiary/aromatic N) is 3. The molecule has 36 heavy (non-hydrogen) atoms. The van der Waals surface area contributed by atoms with Gasteiger partial charge < -0.3 is 9.47 Å². The lowest BCUT2D eigenvalue weighted by atomic mass is 9.86. The predicted molar refractivity (Wildman–Crippen MR) is 146 cm³/mol. The van der Waals surface area contributed by atoms with Crippen molar-refractivity contribution in [3.05, 3.63) is 88.2 Å². The number of rotatable bonds is 8. The number of ether oxygens (including phenoxy) is 2. The van der Waals surface area contributed by atoms with Gasteiger partial charge in [0.25, 0.3) is 0 Å². The lowest BCUT2D eigenvalue weighted by molar-refractivity contribution is -0.0515. The zero-order valence-corrected chi connectivity index (χ0v) is 22.6. The second-order valence-corrected chi connectivity index (χ2v) is 9.79. The van der Waals surface area contributed by atoms with E-state index < -0.39 is 12.3 Å². The number of benzene rings is 2. The summed E-state index contributed by atoms with van der Waals surface area (Å²) in [7, 11) is 1.73. The highest BCUT2D eigenvalue weighted by Crippen LogP contribution is 2.32. The summed E-state index contributed by atoms with van der Waals surface area (Å²) in [5.74, 6) is 0.122. The Morgan fingerprint density at radius 2 is 1.67 bits per heavy atom. The van der Waals surface area contributed by atoms with Gasteiger partial charge in [0.05, 0.1) is 11.3 Å². The fourth-order valence-corrected chi connectivity index (χ4v) is 3.96. The van der Waals surface area contributed by atoms with Crippen molar-refractivity contribution < 1.29 is 14.3 Å². The van der Waals surface area contributed by atoms with Gasteiger partial charge >= 0.3 is 5.97 Å². The molecule has 1 heterocycles. The number of aliphatic imine (C=N–C) groups is 1. The molecular weight excluding hydrogens is 450 g/mol. The summed E-state index contributed by atoms with van der Waals surface area (Å²) in [6, 6.07) is 17.3. The van der Waals surface area contributed by atoms with Gasteiger partial charge in [-0.2, -0.15) is 5.10 Å². The highest BCUT2D eigenvalue weighted by molar-refractivity contribution is 6.18. The zero-order valence-electron chi connectivity index (χ0n) is 22.6. The molecule has 190 valence electrons. The molecule has 1 unspecified atom stereocenters. The quantitative estimate of drug-likeness (QED) is 0.155.